The highest BCUT2D eigenvalue weighted by Gasteiger charge is 2.50. The minimum Gasteiger partial charge on any atom is -0.458 e. The van der Waals surface area contributed by atoms with E-state index in [1.807, 2.05) is 22.7 Å². The fraction of sp³-hybridized carbons (Fsp3) is 0.224. The van der Waals surface area contributed by atoms with Crippen LogP contribution in [0.4, 0.5) is 28.4 Å². The van der Waals surface area contributed by atoms with Gasteiger partial charge in [-0.05, 0) is 158 Å². The van der Waals surface area contributed by atoms with Crippen LogP contribution in [0.15, 0.2) is 121 Å². The van der Waals surface area contributed by atoms with Gasteiger partial charge in [0.05, 0.1) is 5.69 Å². The molecule has 0 unspecified atom stereocenters. The average Bonchev–Trinajstić information content (AvgIpc) is 4.12. The number of anilines is 5. The van der Waals surface area contributed by atoms with Gasteiger partial charge in [0.2, 0.25) is 0 Å². The fourth-order valence-corrected chi connectivity index (χ4v) is 16.3. The summed E-state index contributed by atoms with van der Waals surface area (Å²) >= 11 is 3.71. The van der Waals surface area contributed by atoms with Crippen molar-refractivity contribution in [1.82, 2.24) is 0 Å². The lowest BCUT2D eigenvalue weighted by Gasteiger charge is -2.43. The van der Waals surface area contributed by atoms with Crippen LogP contribution in [0.3, 0.4) is 0 Å². The number of thiophene rings is 2. The molecule has 0 saturated carbocycles. The molecule has 0 amide bonds. The lowest BCUT2D eigenvalue weighted by molar-refractivity contribution is 0.458. The highest BCUT2D eigenvalue weighted by molar-refractivity contribution is 7.34. The summed E-state index contributed by atoms with van der Waals surface area (Å²) in [7, 11) is 0. The first-order valence-corrected chi connectivity index (χ1v) is 29.2. The molecule has 0 radical (unpaired) electrons. The van der Waals surface area contributed by atoms with E-state index in [-0.39, 0.29) is 36.4 Å². The van der Waals surface area contributed by atoms with Gasteiger partial charge in [0.1, 0.15) is 46.0 Å². The predicted octanol–water partition coefficient (Wildman–Crippen LogP) is 12.7. The Morgan fingerprint density at radius 1 is 0.423 bits per heavy atom. The molecule has 2 aromatic heterocycles. The Kier molecular flexibility index (Phi) is 9.28. The maximum absolute atomic E-state index is 7.48. The quantitative estimate of drug-likeness (QED) is 0.165. The van der Waals surface area contributed by atoms with Crippen LogP contribution >= 0.6 is 22.7 Å². The van der Waals surface area contributed by atoms with Crippen LogP contribution in [0.25, 0.3) is 20.2 Å². The maximum Gasteiger partial charge on any atom is 0.268 e. The van der Waals surface area contributed by atoms with Gasteiger partial charge < -0.3 is 29.2 Å². The van der Waals surface area contributed by atoms with Gasteiger partial charge in [-0.1, -0.05) is 116 Å². The number of fused-ring (bicyclic) bond motifs is 16. The van der Waals surface area contributed by atoms with Crippen molar-refractivity contribution < 1.29 is 18.9 Å². The van der Waals surface area contributed by atoms with Crippen molar-refractivity contribution in [3.05, 3.63) is 155 Å². The van der Waals surface area contributed by atoms with Gasteiger partial charge in [-0.25, -0.2) is 0 Å². The number of benzene rings is 8. The number of nitrogens with one attached hydrogen (secondary N) is 1. The van der Waals surface area contributed by atoms with Crippen molar-refractivity contribution in [2.45, 2.75) is 99.3 Å². The van der Waals surface area contributed by atoms with Crippen LogP contribution < -0.4 is 77.0 Å². The molecular weight excluding hydrogens is 993 g/mol. The molecule has 380 valence electrons. The Morgan fingerprint density at radius 3 is 1.49 bits per heavy atom. The van der Waals surface area contributed by atoms with Crippen molar-refractivity contribution in [1.29, 1.82) is 0 Å². The molecule has 8 aromatic carbocycles. The molecule has 0 bridgehead atoms. The SMILES string of the molecule is Cc1cc(C)c(N2c3cc4c(cc3B3c5sc6ccccc6c5Oc5cc(C(C)(C)C)cc2c53)B2c3cc5c(cc3Oc3cc(C(C)(C)C)cc(c32)O4)Nc2cc(C(C)(C)C)cc3c2B5c2sc4ccccc4c2O3)c(C)c1. The van der Waals surface area contributed by atoms with Crippen LogP contribution in [-0.2, 0) is 16.2 Å². The third-order valence-electron chi connectivity index (χ3n) is 17.6. The highest BCUT2D eigenvalue weighted by atomic mass is 32.1. The molecule has 0 saturated heterocycles. The Hall–Kier alpha value is -7.33. The van der Waals surface area contributed by atoms with Gasteiger partial charge in [-0.3, -0.25) is 0 Å². The number of hydrogen-bond acceptors (Lipinski definition) is 8. The lowest BCUT2D eigenvalue weighted by atomic mass is 9.31. The smallest absolute Gasteiger partial charge is 0.268 e. The summed E-state index contributed by atoms with van der Waals surface area (Å²) in [5.41, 5.74) is 20.7. The van der Waals surface area contributed by atoms with E-state index in [0.29, 0.717) is 0 Å². The van der Waals surface area contributed by atoms with E-state index < -0.39 is 0 Å². The van der Waals surface area contributed by atoms with Gasteiger partial charge >= 0.3 is 0 Å². The molecule has 78 heavy (non-hydrogen) atoms. The zero-order chi connectivity index (χ0) is 53.4. The summed E-state index contributed by atoms with van der Waals surface area (Å²) in [5, 5.41) is 6.30. The Labute approximate surface area is 465 Å². The van der Waals surface area contributed by atoms with E-state index in [2.05, 4.69) is 215 Å². The monoisotopic (exact) mass is 1050 g/mol. The van der Waals surface area contributed by atoms with Gasteiger partial charge in [-0.15, -0.1) is 22.7 Å². The Morgan fingerprint density at radius 2 is 0.910 bits per heavy atom. The molecule has 1 N–H and O–H groups in total. The maximum atomic E-state index is 7.48. The summed E-state index contributed by atoms with van der Waals surface area (Å²) in [4.78, 5) is 2.55. The van der Waals surface area contributed by atoms with Gasteiger partial charge in [0, 0.05) is 70.1 Å². The molecule has 0 spiro atoms. The molecule has 6 aliphatic heterocycles. The Bertz CT molecular complexity index is 4380. The first-order valence-electron chi connectivity index (χ1n) is 27.6. The third kappa shape index (κ3) is 6.46. The number of ether oxygens (including phenoxy) is 4. The molecule has 0 atom stereocenters. The van der Waals surface area contributed by atoms with Crippen LogP contribution in [-0.4, -0.2) is 20.1 Å². The molecule has 16 rings (SSSR count). The van der Waals surface area contributed by atoms with Crippen molar-refractivity contribution in [2.75, 3.05) is 10.2 Å². The minimum absolute atomic E-state index is 0.0604. The molecule has 0 aliphatic carbocycles. The fourth-order valence-electron chi connectivity index (χ4n) is 13.8. The van der Waals surface area contributed by atoms with E-state index in [0.717, 1.165) is 101 Å². The number of rotatable bonds is 1. The molecule has 10 aromatic rings. The minimum atomic E-state index is -0.208. The van der Waals surface area contributed by atoms with E-state index in [4.69, 9.17) is 18.9 Å². The van der Waals surface area contributed by atoms with E-state index in [1.165, 1.54) is 74.3 Å². The Balaban J connectivity index is 0.980. The molecular formula is C67H57B3N2O4S2. The topological polar surface area (TPSA) is 52.2 Å². The van der Waals surface area contributed by atoms with Crippen LogP contribution in [0, 0.1) is 20.8 Å². The summed E-state index contributed by atoms with van der Waals surface area (Å²) < 4.78 is 34.1. The third-order valence-corrected chi connectivity index (χ3v) is 20.0. The van der Waals surface area contributed by atoms with Crippen LogP contribution in [0.1, 0.15) is 95.7 Å². The molecule has 6 aliphatic rings. The zero-order valence-electron chi connectivity index (χ0n) is 46.2. The number of aryl methyl sites for hydroxylation is 3. The number of nitrogens with zero attached hydrogens (tertiary/aromatic N) is 1. The average molecular weight is 1050 g/mol. The van der Waals surface area contributed by atoms with Gasteiger partial charge in [0.15, 0.2) is 0 Å². The lowest BCUT2D eigenvalue weighted by Crippen LogP contribution is -2.63. The van der Waals surface area contributed by atoms with Crippen LogP contribution in [0.2, 0.25) is 0 Å². The second-order valence-electron chi connectivity index (χ2n) is 25.9. The number of hydrogen-bond donors (Lipinski definition) is 1. The predicted molar refractivity (Wildman–Crippen MR) is 332 cm³/mol. The van der Waals surface area contributed by atoms with Crippen molar-refractivity contribution in [3.63, 3.8) is 0 Å². The molecule has 0 fully saturated rings. The first kappa shape index (κ1) is 46.7. The summed E-state index contributed by atoms with van der Waals surface area (Å²) in [5.74, 6) is 7.18. The van der Waals surface area contributed by atoms with Gasteiger partial charge in [-0.2, -0.15) is 0 Å². The first-order chi connectivity index (χ1) is 37.2. The second-order valence-corrected chi connectivity index (χ2v) is 28.1. The van der Waals surface area contributed by atoms with Gasteiger partial charge in [0.25, 0.3) is 20.1 Å². The summed E-state index contributed by atoms with van der Waals surface area (Å²) in [6, 6.07) is 45.8. The summed E-state index contributed by atoms with van der Waals surface area (Å²) in [6.07, 6.45) is 0. The standard InChI is InChI=1S/C67H57B3N2O4S2/c1-33-21-34(2)60(35(3)22-33)72-47-32-50-44(30-42(47)70-58-48(72)24-37(66(7,8)9)26-52(58)76-62-40-18-14-16-20-56(40)78-64(62)70)68-43-29-41-45(31-49(43)73-53-27-38(67(10,11)12)28-54(74-50)59(53)68)71-46-23-36(65(4,5)6)25-51-57(46)69(41)63-61(75-51)39-17-13-15-19-55(39)77-63/h13-32,71H,1-12H3. The van der Waals surface area contributed by atoms with Crippen molar-refractivity contribution in [2.24, 2.45) is 0 Å². The normalized spacial score (nSPS) is 14.8. The van der Waals surface area contributed by atoms with E-state index in [9.17, 15) is 0 Å². The van der Waals surface area contributed by atoms with Crippen molar-refractivity contribution >= 4 is 139 Å². The van der Waals surface area contributed by atoms with E-state index >= 15 is 0 Å². The molecule has 11 heteroatoms. The highest BCUT2D eigenvalue weighted by Crippen LogP contribution is 2.50. The van der Waals surface area contributed by atoms with Crippen LogP contribution in [0.5, 0.6) is 46.0 Å². The largest absolute Gasteiger partial charge is 0.458 e. The van der Waals surface area contributed by atoms with Crippen molar-refractivity contribution in [3.8, 4) is 46.0 Å². The summed E-state index contributed by atoms with van der Waals surface area (Å²) in [6.45, 7) is 26.9. The molecule has 8 heterocycles. The van der Waals surface area contributed by atoms with E-state index in [1.54, 1.807) is 0 Å². The molecule has 6 nitrogen and oxygen atoms in total. The second kappa shape index (κ2) is 15.5. The zero-order valence-corrected chi connectivity index (χ0v) is 47.8.